The molecule has 30 heavy (non-hydrogen) atoms. The Morgan fingerprint density at radius 2 is 1.80 bits per heavy atom. The first-order chi connectivity index (χ1) is 14.7. The molecule has 2 aliphatic rings. The van der Waals surface area contributed by atoms with Crippen molar-refractivity contribution in [2.45, 2.75) is 12.6 Å². The van der Waals surface area contributed by atoms with E-state index in [1.54, 1.807) is 29.4 Å². The summed E-state index contributed by atoms with van der Waals surface area (Å²) in [6.07, 6.45) is 2.74. The lowest BCUT2D eigenvalue weighted by atomic mass is 9.99. The molecule has 8 nitrogen and oxygen atoms in total. The summed E-state index contributed by atoms with van der Waals surface area (Å²) in [5.74, 6) is 1.32. The van der Waals surface area contributed by atoms with Crippen LogP contribution in [0.15, 0.2) is 65.7 Å². The number of carbonyl (C=O) groups excluding carboxylic acids is 1. The number of benzene rings is 1. The third-order valence-electron chi connectivity index (χ3n) is 5.33. The summed E-state index contributed by atoms with van der Waals surface area (Å²) in [5.41, 5.74) is 1.47. The van der Waals surface area contributed by atoms with Gasteiger partial charge < -0.3 is 14.4 Å². The number of nitrogens with zero attached hydrogens (tertiary/aromatic N) is 4. The van der Waals surface area contributed by atoms with Crippen molar-refractivity contribution < 1.29 is 14.3 Å². The molecule has 1 aromatic carbocycles. The zero-order valence-corrected chi connectivity index (χ0v) is 16.2. The third-order valence-corrected chi connectivity index (χ3v) is 5.33. The maximum Gasteiger partial charge on any atom is 0.267 e. The Bertz CT molecular complexity index is 1130. The van der Waals surface area contributed by atoms with Crippen molar-refractivity contribution in [3.63, 3.8) is 0 Å². The molecule has 0 aliphatic carbocycles. The van der Waals surface area contributed by atoms with Crippen molar-refractivity contribution in [3.8, 4) is 22.8 Å². The summed E-state index contributed by atoms with van der Waals surface area (Å²) < 4.78 is 12.9. The predicted octanol–water partition coefficient (Wildman–Crippen LogP) is 1.60. The average molecular weight is 404 g/mol. The monoisotopic (exact) mass is 404 g/mol. The number of hydrogen-bond acceptors (Lipinski definition) is 6. The van der Waals surface area contributed by atoms with Crippen molar-refractivity contribution in [1.29, 1.82) is 0 Å². The van der Waals surface area contributed by atoms with Gasteiger partial charge in [-0.3, -0.25) is 14.6 Å². The molecule has 2 aliphatic heterocycles. The van der Waals surface area contributed by atoms with Gasteiger partial charge >= 0.3 is 0 Å². The van der Waals surface area contributed by atoms with E-state index in [0.717, 1.165) is 11.3 Å². The van der Waals surface area contributed by atoms with Crippen molar-refractivity contribution in [3.05, 3.63) is 71.3 Å². The number of aromatic nitrogens is 3. The van der Waals surface area contributed by atoms with Crippen LogP contribution in [0.25, 0.3) is 11.3 Å². The van der Waals surface area contributed by atoms with E-state index in [1.807, 2.05) is 30.3 Å². The molecule has 1 amide bonds. The SMILES string of the molecule is O=C(C1COc2ccccc2O1)N1CC(Cn2nc(-c3ccncc3)ccc2=O)C1. The van der Waals surface area contributed by atoms with Crippen molar-refractivity contribution in [1.82, 2.24) is 19.7 Å². The van der Waals surface area contributed by atoms with Gasteiger partial charge in [-0.15, -0.1) is 0 Å². The molecule has 1 fully saturated rings. The lowest BCUT2D eigenvalue weighted by Crippen LogP contribution is -2.57. The second-order valence-electron chi connectivity index (χ2n) is 7.45. The summed E-state index contributed by atoms with van der Waals surface area (Å²) in [7, 11) is 0. The maximum absolute atomic E-state index is 12.7. The Balaban J connectivity index is 1.21. The number of carbonyl (C=O) groups is 1. The Morgan fingerprint density at radius 3 is 2.60 bits per heavy atom. The summed E-state index contributed by atoms with van der Waals surface area (Å²) in [5, 5.41) is 4.48. The van der Waals surface area contributed by atoms with Gasteiger partial charge in [0.15, 0.2) is 11.5 Å². The summed E-state index contributed by atoms with van der Waals surface area (Å²) in [6, 6.07) is 14.3. The number of para-hydroxylation sites is 2. The molecule has 4 heterocycles. The molecule has 152 valence electrons. The van der Waals surface area contributed by atoms with Crippen LogP contribution in [0.4, 0.5) is 0 Å². The van der Waals surface area contributed by atoms with E-state index < -0.39 is 6.10 Å². The van der Waals surface area contributed by atoms with Crippen LogP contribution in [0.1, 0.15) is 0 Å². The first-order valence-electron chi connectivity index (χ1n) is 9.83. The summed E-state index contributed by atoms with van der Waals surface area (Å²) in [4.78, 5) is 30.7. The van der Waals surface area contributed by atoms with E-state index in [-0.39, 0.29) is 24.0 Å². The van der Waals surface area contributed by atoms with Gasteiger partial charge in [-0.05, 0) is 30.3 Å². The number of rotatable bonds is 4. The molecule has 1 unspecified atom stereocenters. The van der Waals surface area contributed by atoms with Crippen molar-refractivity contribution in [2.24, 2.45) is 5.92 Å². The quantitative estimate of drug-likeness (QED) is 0.657. The molecule has 0 bridgehead atoms. The number of fused-ring (bicyclic) bond motifs is 1. The first-order valence-corrected chi connectivity index (χ1v) is 9.83. The molecule has 0 radical (unpaired) electrons. The smallest absolute Gasteiger partial charge is 0.267 e. The molecule has 0 spiro atoms. The Morgan fingerprint density at radius 1 is 1.03 bits per heavy atom. The second-order valence-corrected chi connectivity index (χ2v) is 7.45. The lowest BCUT2D eigenvalue weighted by molar-refractivity contribution is -0.148. The van der Waals surface area contributed by atoms with Crippen LogP contribution in [-0.2, 0) is 11.3 Å². The van der Waals surface area contributed by atoms with Gasteiger partial charge in [-0.1, -0.05) is 12.1 Å². The molecule has 2 aromatic heterocycles. The van der Waals surface area contributed by atoms with Crippen LogP contribution in [-0.4, -0.2) is 51.4 Å². The van der Waals surface area contributed by atoms with Crippen LogP contribution in [0, 0.1) is 5.92 Å². The van der Waals surface area contributed by atoms with Crippen molar-refractivity contribution >= 4 is 5.91 Å². The lowest BCUT2D eigenvalue weighted by Gasteiger charge is -2.41. The number of hydrogen-bond donors (Lipinski definition) is 0. The number of likely N-dealkylation sites (tertiary alicyclic amines) is 1. The van der Waals surface area contributed by atoms with Crippen molar-refractivity contribution in [2.75, 3.05) is 19.7 Å². The van der Waals surface area contributed by atoms with Crippen LogP contribution in [0.2, 0.25) is 0 Å². The average Bonchev–Trinajstić information content (AvgIpc) is 2.77. The van der Waals surface area contributed by atoms with E-state index in [0.29, 0.717) is 31.1 Å². The third kappa shape index (κ3) is 3.52. The Labute approximate surface area is 172 Å². The number of ether oxygens (including phenoxy) is 2. The largest absolute Gasteiger partial charge is 0.485 e. The van der Waals surface area contributed by atoms with E-state index in [4.69, 9.17) is 9.47 Å². The summed E-state index contributed by atoms with van der Waals surface area (Å²) in [6.45, 7) is 1.79. The normalized spacial score (nSPS) is 18.0. The molecule has 3 aromatic rings. The fraction of sp³-hybridized carbons (Fsp3) is 0.273. The summed E-state index contributed by atoms with van der Waals surface area (Å²) >= 11 is 0. The van der Waals surface area contributed by atoms with Gasteiger partial charge in [0.25, 0.3) is 11.5 Å². The second kappa shape index (κ2) is 7.62. The van der Waals surface area contributed by atoms with Crippen LogP contribution < -0.4 is 15.0 Å². The first kappa shape index (κ1) is 18.4. The highest BCUT2D eigenvalue weighted by Crippen LogP contribution is 2.32. The van der Waals surface area contributed by atoms with E-state index in [9.17, 15) is 9.59 Å². The van der Waals surface area contributed by atoms with E-state index >= 15 is 0 Å². The molecular formula is C22H20N4O4. The minimum Gasteiger partial charge on any atom is -0.485 e. The fourth-order valence-electron chi connectivity index (χ4n) is 3.71. The molecule has 0 saturated carbocycles. The Kier molecular flexibility index (Phi) is 4.66. The van der Waals surface area contributed by atoms with Crippen LogP contribution in [0.5, 0.6) is 11.5 Å². The van der Waals surface area contributed by atoms with E-state index in [2.05, 4.69) is 10.1 Å². The fourth-order valence-corrected chi connectivity index (χ4v) is 3.71. The van der Waals surface area contributed by atoms with Gasteiger partial charge in [-0.2, -0.15) is 5.10 Å². The van der Waals surface area contributed by atoms with Gasteiger partial charge in [-0.25, -0.2) is 4.68 Å². The van der Waals surface area contributed by atoms with Crippen LogP contribution in [0.3, 0.4) is 0 Å². The van der Waals surface area contributed by atoms with Gasteiger partial charge in [0.2, 0.25) is 6.10 Å². The minimum atomic E-state index is -0.642. The minimum absolute atomic E-state index is 0.0911. The Hall–Kier alpha value is -3.68. The molecule has 8 heteroatoms. The number of amides is 1. The van der Waals surface area contributed by atoms with Gasteiger partial charge in [0.05, 0.1) is 12.2 Å². The molecular weight excluding hydrogens is 384 g/mol. The van der Waals surface area contributed by atoms with Crippen LogP contribution >= 0.6 is 0 Å². The standard InChI is InChI=1S/C22H20N4O4/c27-21-6-5-17(16-7-9-23-10-8-16)24-26(21)13-15-11-25(12-15)22(28)20-14-29-18-3-1-2-4-19(18)30-20/h1-10,15,20H,11-14H2. The highest BCUT2D eigenvalue weighted by Gasteiger charge is 2.38. The molecule has 5 rings (SSSR count). The molecule has 1 atom stereocenters. The highest BCUT2D eigenvalue weighted by atomic mass is 16.6. The van der Waals surface area contributed by atoms with Gasteiger partial charge in [0.1, 0.15) is 6.61 Å². The number of pyridine rings is 1. The van der Waals surface area contributed by atoms with Gasteiger partial charge in [0, 0.05) is 43.0 Å². The maximum atomic E-state index is 12.7. The topological polar surface area (TPSA) is 86.6 Å². The highest BCUT2D eigenvalue weighted by molar-refractivity contribution is 5.82. The zero-order chi connectivity index (χ0) is 20.5. The molecule has 1 saturated heterocycles. The predicted molar refractivity (Wildman–Crippen MR) is 108 cm³/mol. The molecule has 0 N–H and O–H groups in total. The van der Waals surface area contributed by atoms with E-state index in [1.165, 1.54) is 10.7 Å². The zero-order valence-electron chi connectivity index (χ0n) is 16.2.